The molecule has 1 N–H and O–H groups in total. The Bertz CT molecular complexity index is 896. The molecule has 7 nitrogen and oxygen atoms in total. The van der Waals surface area contributed by atoms with Gasteiger partial charge in [0.25, 0.3) is 0 Å². The standard InChI is InChI=1S/C21H24N6O/c1-28-18-4-2-3-16(11-18)15-27-9-5-17(6-10-27)19-12-23-14-21(25-19)26-20-13-22-7-8-24-20/h2-4,7-8,11-14,17H,5-6,9-10,15H2,1H3,(H,24,25,26). The van der Waals surface area contributed by atoms with Gasteiger partial charge in [0.15, 0.2) is 0 Å². The molecule has 0 bridgehead atoms. The van der Waals surface area contributed by atoms with E-state index in [4.69, 9.17) is 9.72 Å². The molecule has 0 saturated carbocycles. The molecule has 0 amide bonds. The number of piperidine rings is 1. The molecule has 4 rings (SSSR count). The predicted molar refractivity (Wildman–Crippen MR) is 108 cm³/mol. The Labute approximate surface area is 164 Å². The number of hydrogen-bond donors (Lipinski definition) is 1. The number of nitrogens with zero attached hydrogens (tertiary/aromatic N) is 5. The number of benzene rings is 1. The molecular weight excluding hydrogens is 352 g/mol. The maximum absolute atomic E-state index is 5.32. The van der Waals surface area contributed by atoms with E-state index in [0.29, 0.717) is 17.6 Å². The molecule has 3 aromatic rings. The molecule has 0 spiro atoms. The van der Waals surface area contributed by atoms with Gasteiger partial charge in [0.2, 0.25) is 0 Å². The maximum Gasteiger partial charge on any atom is 0.150 e. The van der Waals surface area contributed by atoms with E-state index in [1.807, 2.05) is 18.3 Å². The lowest BCUT2D eigenvalue weighted by molar-refractivity contribution is 0.203. The zero-order chi connectivity index (χ0) is 19.2. The molecule has 2 aromatic heterocycles. The summed E-state index contributed by atoms with van der Waals surface area (Å²) in [5.74, 6) is 2.71. The summed E-state index contributed by atoms with van der Waals surface area (Å²) in [5, 5.41) is 3.17. The molecule has 1 aliphatic rings. The van der Waals surface area contributed by atoms with Gasteiger partial charge in [0, 0.05) is 31.1 Å². The highest BCUT2D eigenvalue weighted by Crippen LogP contribution is 2.28. The molecule has 144 valence electrons. The Morgan fingerprint density at radius 1 is 1.07 bits per heavy atom. The summed E-state index contributed by atoms with van der Waals surface area (Å²) in [7, 11) is 1.71. The fraction of sp³-hybridized carbons (Fsp3) is 0.333. The normalized spacial score (nSPS) is 15.3. The summed E-state index contributed by atoms with van der Waals surface area (Å²) in [6.45, 7) is 3.04. The molecule has 0 unspecified atom stereocenters. The second-order valence-electron chi connectivity index (χ2n) is 6.95. The fourth-order valence-corrected chi connectivity index (χ4v) is 3.55. The Hall–Kier alpha value is -3.06. The second kappa shape index (κ2) is 8.75. The lowest BCUT2D eigenvalue weighted by Crippen LogP contribution is -2.32. The third-order valence-corrected chi connectivity index (χ3v) is 5.02. The van der Waals surface area contributed by atoms with Crippen molar-refractivity contribution >= 4 is 11.6 Å². The zero-order valence-electron chi connectivity index (χ0n) is 16.0. The average Bonchev–Trinajstić information content (AvgIpc) is 2.75. The lowest BCUT2D eigenvalue weighted by Gasteiger charge is -2.31. The molecule has 0 radical (unpaired) electrons. The third-order valence-electron chi connectivity index (χ3n) is 5.02. The van der Waals surface area contributed by atoms with Crippen LogP contribution in [0.5, 0.6) is 5.75 Å². The van der Waals surface area contributed by atoms with Crippen LogP contribution in [0.15, 0.2) is 55.2 Å². The SMILES string of the molecule is COc1cccc(CN2CCC(c3cncc(Nc4cnccn4)n3)CC2)c1. The maximum atomic E-state index is 5.32. The minimum atomic E-state index is 0.428. The van der Waals surface area contributed by atoms with Gasteiger partial charge in [0.1, 0.15) is 17.4 Å². The molecule has 1 fully saturated rings. The van der Waals surface area contributed by atoms with E-state index in [1.165, 1.54) is 5.56 Å². The number of likely N-dealkylation sites (tertiary alicyclic amines) is 1. The van der Waals surface area contributed by atoms with E-state index in [9.17, 15) is 0 Å². The smallest absolute Gasteiger partial charge is 0.150 e. The van der Waals surface area contributed by atoms with Gasteiger partial charge in [-0.05, 0) is 43.6 Å². The van der Waals surface area contributed by atoms with Crippen LogP contribution in [0.1, 0.15) is 30.0 Å². The highest BCUT2D eigenvalue weighted by atomic mass is 16.5. The van der Waals surface area contributed by atoms with Gasteiger partial charge < -0.3 is 10.1 Å². The third kappa shape index (κ3) is 4.61. The summed E-state index contributed by atoms with van der Waals surface area (Å²) in [6, 6.07) is 8.30. The van der Waals surface area contributed by atoms with Crippen molar-refractivity contribution in [2.75, 3.05) is 25.5 Å². The van der Waals surface area contributed by atoms with Crippen LogP contribution in [0.25, 0.3) is 0 Å². The van der Waals surface area contributed by atoms with Gasteiger partial charge >= 0.3 is 0 Å². The number of nitrogens with one attached hydrogen (secondary N) is 1. The number of aromatic nitrogens is 4. The number of ether oxygens (including phenoxy) is 1. The number of methoxy groups -OCH3 is 1. The van der Waals surface area contributed by atoms with Crippen molar-refractivity contribution < 1.29 is 4.74 Å². The predicted octanol–water partition coefficient (Wildman–Crippen LogP) is 3.40. The Morgan fingerprint density at radius 3 is 2.71 bits per heavy atom. The van der Waals surface area contributed by atoms with Crippen LogP contribution in [0, 0.1) is 0 Å². The van der Waals surface area contributed by atoms with Crippen molar-refractivity contribution in [1.29, 1.82) is 0 Å². The van der Waals surface area contributed by atoms with E-state index < -0.39 is 0 Å². The molecule has 0 aliphatic carbocycles. The molecule has 3 heterocycles. The highest BCUT2D eigenvalue weighted by molar-refractivity contribution is 5.48. The average molecular weight is 376 g/mol. The summed E-state index contributed by atoms with van der Waals surface area (Å²) >= 11 is 0. The summed E-state index contributed by atoms with van der Waals surface area (Å²) in [4.78, 5) is 19.9. The number of rotatable bonds is 6. The van der Waals surface area contributed by atoms with E-state index in [1.54, 1.807) is 31.9 Å². The first-order valence-electron chi connectivity index (χ1n) is 9.50. The van der Waals surface area contributed by atoms with Gasteiger partial charge in [-0.15, -0.1) is 0 Å². The van der Waals surface area contributed by atoms with Crippen molar-refractivity contribution in [1.82, 2.24) is 24.8 Å². The van der Waals surface area contributed by atoms with Crippen molar-refractivity contribution in [2.24, 2.45) is 0 Å². The van der Waals surface area contributed by atoms with Gasteiger partial charge in [-0.2, -0.15) is 0 Å². The van der Waals surface area contributed by atoms with Crippen LogP contribution in [0.3, 0.4) is 0 Å². The Kier molecular flexibility index (Phi) is 5.72. The summed E-state index contributed by atoms with van der Waals surface area (Å²) in [5.41, 5.74) is 2.32. The highest BCUT2D eigenvalue weighted by Gasteiger charge is 2.22. The summed E-state index contributed by atoms with van der Waals surface area (Å²) < 4.78 is 5.32. The second-order valence-corrected chi connectivity index (χ2v) is 6.95. The van der Waals surface area contributed by atoms with E-state index in [2.05, 4.69) is 37.3 Å². The van der Waals surface area contributed by atoms with Gasteiger partial charge in [-0.3, -0.25) is 14.9 Å². The van der Waals surface area contributed by atoms with Crippen molar-refractivity contribution in [3.05, 3.63) is 66.5 Å². The van der Waals surface area contributed by atoms with Crippen LogP contribution < -0.4 is 10.1 Å². The van der Waals surface area contributed by atoms with E-state index in [-0.39, 0.29) is 0 Å². The first-order valence-corrected chi connectivity index (χ1v) is 9.50. The lowest BCUT2D eigenvalue weighted by atomic mass is 9.93. The molecular formula is C21H24N6O. The monoisotopic (exact) mass is 376 g/mol. The first-order chi connectivity index (χ1) is 13.8. The molecule has 28 heavy (non-hydrogen) atoms. The largest absolute Gasteiger partial charge is 0.497 e. The van der Waals surface area contributed by atoms with Gasteiger partial charge in [0.05, 0.1) is 25.2 Å². The number of hydrogen-bond acceptors (Lipinski definition) is 7. The van der Waals surface area contributed by atoms with Crippen LogP contribution in [-0.4, -0.2) is 45.0 Å². The van der Waals surface area contributed by atoms with Crippen molar-refractivity contribution in [3.63, 3.8) is 0 Å². The molecule has 1 aromatic carbocycles. The fourth-order valence-electron chi connectivity index (χ4n) is 3.55. The minimum Gasteiger partial charge on any atom is -0.497 e. The molecule has 1 saturated heterocycles. The van der Waals surface area contributed by atoms with Crippen molar-refractivity contribution in [2.45, 2.75) is 25.3 Å². The van der Waals surface area contributed by atoms with Crippen molar-refractivity contribution in [3.8, 4) is 5.75 Å². The van der Waals surface area contributed by atoms with Crippen LogP contribution in [-0.2, 0) is 6.54 Å². The molecule has 7 heteroatoms. The molecule has 0 atom stereocenters. The van der Waals surface area contributed by atoms with E-state index >= 15 is 0 Å². The number of anilines is 2. The van der Waals surface area contributed by atoms with Gasteiger partial charge in [-0.25, -0.2) is 9.97 Å². The van der Waals surface area contributed by atoms with E-state index in [0.717, 1.165) is 43.9 Å². The Balaban J connectivity index is 1.35. The van der Waals surface area contributed by atoms with Crippen LogP contribution >= 0.6 is 0 Å². The van der Waals surface area contributed by atoms with Gasteiger partial charge in [-0.1, -0.05) is 12.1 Å². The first kappa shape index (κ1) is 18.3. The quantitative estimate of drug-likeness (QED) is 0.706. The Morgan fingerprint density at radius 2 is 1.93 bits per heavy atom. The summed E-state index contributed by atoms with van der Waals surface area (Å²) in [6.07, 6.45) is 10.7. The van der Waals surface area contributed by atoms with Crippen LogP contribution in [0.2, 0.25) is 0 Å². The minimum absolute atomic E-state index is 0.428. The van der Waals surface area contributed by atoms with Crippen LogP contribution in [0.4, 0.5) is 11.6 Å². The molecule has 1 aliphatic heterocycles. The topological polar surface area (TPSA) is 76.1 Å². The zero-order valence-corrected chi connectivity index (χ0v) is 16.0.